The molecule has 1 amide bonds. The van der Waals surface area contributed by atoms with Crippen molar-refractivity contribution in [2.24, 2.45) is 0 Å². The summed E-state index contributed by atoms with van der Waals surface area (Å²) in [7, 11) is 0. The number of hydrogen-bond donors (Lipinski definition) is 1. The van der Waals surface area contributed by atoms with Crippen molar-refractivity contribution in [2.45, 2.75) is 26.4 Å². The van der Waals surface area contributed by atoms with Gasteiger partial charge in [-0.15, -0.1) is 0 Å². The molecule has 1 heterocycles. The van der Waals surface area contributed by atoms with Crippen LogP contribution in [0.25, 0.3) is 10.8 Å². The first-order valence-corrected chi connectivity index (χ1v) is 10.9. The second kappa shape index (κ2) is 9.41. The van der Waals surface area contributed by atoms with E-state index in [9.17, 15) is 9.59 Å². The molecule has 4 rings (SSSR count). The van der Waals surface area contributed by atoms with Crippen molar-refractivity contribution < 1.29 is 9.59 Å². The normalized spacial score (nSPS) is 16.2. The van der Waals surface area contributed by atoms with E-state index in [1.54, 1.807) is 24.3 Å². The number of piperazine rings is 1. The van der Waals surface area contributed by atoms with Gasteiger partial charge in [-0.1, -0.05) is 42.5 Å². The van der Waals surface area contributed by atoms with Crippen LogP contribution in [0, 0.1) is 0 Å². The van der Waals surface area contributed by atoms with Gasteiger partial charge in [0.05, 0.1) is 6.04 Å². The first-order chi connectivity index (χ1) is 15.0. The first-order valence-electron chi connectivity index (χ1n) is 10.9. The van der Waals surface area contributed by atoms with E-state index in [1.807, 2.05) is 6.92 Å². The van der Waals surface area contributed by atoms with Crippen molar-refractivity contribution in [3.63, 3.8) is 0 Å². The topological polar surface area (TPSA) is 52.7 Å². The van der Waals surface area contributed by atoms with Crippen LogP contribution in [-0.4, -0.2) is 53.7 Å². The van der Waals surface area contributed by atoms with Gasteiger partial charge in [0.1, 0.15) is 0 Å². The van der Waals surface area contributed by atoms with Gasteiger partial charge in [-0.05, 0) is 54.4 Å². The Morgan fingerprint density at radius 2 is 1.58 bits per heavy atom. The summed E-state index contributed by atoms with van der Waals surface area (Å²) in [5, 5.41) is 5.56. The minimum atomic E-state index is -0.202. The molecule has 31 heavy (non-hydrogen) atoms. The minimum Gasteiger partial charge on any atom is -0.325 e. The number of nitrogens with one attached hydrogen (secondary N) is 1. The van der Waals surface area contributed by atoms with Crippen LogP contribution in [0.2, 0.25) is 0 Å². The van der Waals surface area contributed by atoms with E-state index in [1.165, 1.54) is 23.3 Å². The lowest BCUT2D eigenvalue weighted by atomic mass is 10.0. The molecule has 1 aliphatic heterocycles. The number of anilines is 1. The highest BCUT2D eigenvalue weighted by Gasteiger charge is 2.25. The van der Waals surface area contributed by atoms with Crippen molar-refractivity contribution in [2.75, 3.05) is 31.5 Å². The number of carbonyl (C=O) groups excluding carboxylic acids is 2. The summed E-state index contributed by atoms with van der Waals surface area (Å²) in [5.41, 5.74) is 2.72. The number of benzene rings is 3. The van der Waals surface area contributed by atoms with E-state index in [0.717, 1.165) is 38.4 Å². The Morgan fingerprint density at radius 3 is 2.29 bits per heavy atom. The predicted molar refractivity (Wildman–Crippen MR) is 125 cm³/mol. The fourth-order valence-corrected chi connectivity index (χ4v) is 4.18. The molecule has 160 valence electrons. The molecule has 5 heteroatoms. The zero-order valence-electron chi connectivity index (χ0n) is 18.2. The van der Waals surface area contributed by atoms with E-state index < -0.39 is 0 Å². The van der Waals surface area contributed by atoms with E-state index in [2.05, 4.69) is 57.6 Å². The predicted octanol–water partition coefficient (Wildman–Crippen LogP) is 4.19. The maximum atomic E-state index is 12.7. The standard InChI is InChI=1S/C26H29N3O2/c1-19(26(31)27-24-12-10-21(11-13-24)20(2)30)29-16-14-28(15-17-29)18-23-8-5-7-22-6-3-4-9-25(22)23/h3-13,19H,14-18H2,1-2H3,(H,27,31)/t19-/m1/s1. The molecule has 1 fully saturated rings. The quantitative estimate of drug-likeness (QED) is 0.614. The molecule has 0 radical (unpaired) electrons. The van der Waals surface area contributed by atoms with Gasteiger partial charge in [-0.3, -0.25) is 19.4 Å². The Morgan fingerprint density at radius 1 is 0.903 bits per heavy atom. The summed E-state index contributed by atoms with van der Waals surface area (Å²) in [6, 6.07) is 21.9. The summed E-state index contributed by atoms with van der Waals surface area (Å²) in [5.74, 6) is 0.00527. The molecule has 1 aliphatic rings. The molecule has 3 aromatic rings. The maximum Gasteiger partial charge on any atom is 0.241 e. The average molecular weight is 416 g/mol. The van der Waals surface area contributed by atoms with Gasteiger partial charge < -0.3 is 5.32 Å². The largest absolute Gasteiger partial charge is 0.325 e. The molecule has 1 N–H and O–H groups in total. The zero-order chi connectivity index (χ0) is 21.8. The molecule has 0 spiro atoms. The third kappa shape index (κ3) is 5.01. The molecule has 0 aromatic heterocycles. The van der Waals surface area contributed by atoms with Gasteiger partial charge in [-0.25, -0.2) is 0 Å². The van der Waals surface area contributed by atoms with Crippen molar-refractivity contribution >= 4 is 28.2 Å². The number of rotatable bonds is 6. The number of nitrogens with zero attached hydrogens (tertiary/aromatic N) is 2. The van der Waals surface area contributed by atoms with Crippen molar-refractivity contribution in [3.05, 3.63) is 77.9 Å². The lowest BCUT2D eigenvalue weighted by Gasteiger charge is -2.37. The number of carbonyl (C=O) groups is 2. The highest BCUT2D eigenvalue weighted by molar-refractivity contribution is 5.97. The van der Waals surface area contributed by atoms with Crippen LogP contribution >= 0.6 is 0 Å². The SMILES string of the molecule is CC(=O)c1ccc(NC(=O)[C@@H](C)N2CCN(Cc3cccc4ccccc34)CC2)cc1. The Labute approximate surface area is 183 Å². The summed E-state index contributed by atoms with van der Waals surface area (Å²) < 4.78 is 0. The number of hydrogen-bond acceptors (Lipinski definition) is 4. The molecule has 1 saturated heterocycles. The Bertz CT molecular complexity index is 1060. The number of Topliss-reactive ketones (excluding diaryl/α,β-unsaturated/α-hetero) is 1. The Balaban J connectivity index is 1.31. The molecule has 0 aliphatic carbocycles. The highest BCUT2D eigenvalue weighted by Crippen LogP contribution is 2.21. The van der Waals surface area contributed by atoms with Crippen LogP contribution in [0.1, 0.15) is 29.8 Å². The van der Waals surface area contributed by atoms with Gasteiger partial charge in [0.2, 0.25) is 5.91 Å². The summed E-state index contributed by atoms with van der Waals surface area (Å²) in [6.07, 6.45) is 0. The van der Waals surface area contributed by atoms with Gasteiger partial charge in [0.15, 0.2) is 5.78 Å². The minimum absolute atomic E-state index is 0.0157. The Kier molecular flexibility index (Phi) is 6.44. The van der Waals surface area contributed by atoms with Crippen LogP contribution in [0.4, 0.5) is 5.69 Å². The van der Waals surface area contributed by atoms with Crippen molar-refractivity contribution in [1.82, 2.24) is 9.80 Å². The number of fused-ring (bicyclic) bond motifs is 1. The van der Waals surface area contributed by atoms with Crippen LogP contribution in [-0.2, 0) is 11.3 Å². The zero-order valence-corrected chi connectivity index (χ0v) is 18.2. The fourth-order valence-electron chi connectivity index (χ4n) is 4.18. The van der Waals surface area contributed by atoms with E-state index in [0.29, 0.717) is 5.56 Å². The first kappa shape index (κ1) is 21.2. The highest BCUT2D eigenvalue weighted by atomic mass is 16.2. The molecule has 0 unspecified atom stereocenters. The molecule has 5 nitrogen and oxygen atoms in total. The van der Waals surface area contributed by atoms with E-state index in [4.69, 9.17) is 0 Å². The van der Waals surface area contributed by atoms with Crippen LogP contribution in [0.3, 0.4) is 0 Å². The average Bonchev–Trinajstić information content (AvgIpc) is 2.80. The van der Waals surface area contributed by atoms with Crippen molar-refractivity contribution in [1.29, 1.82) is 0 Å². The molecular weight excluding hydrogens is 386 g/mol. The smallest absolute Gasteiger partial charge is 0.241 e. The van der Waals surface area contributed by atoms with Crippen LogP contribution < -0.4 is 5.32 Å². The molecule has 3 aromatic carbocycles. The lowest BCUT2D eigenvalue weighted by Crippen LogP contribution is -2.52. The summed E-state index contributed by atoms with van der Waals surface area (Å²) in [4.78, 5) is 28.8. The number of ketones is 1. The van der Waals surface area contributed by atoms with Gasteiger partial charge in [0, 0.05) is 44.0 Å². The van der Waals surface area contributed by atoms with Crippen LogP contribution in [0.15, 0.2) is 66.7 Å². The van der Waals surface area contributed by atoms with Crippen molar-refractivity contribution in [3.8, 4) is 0 Å². The molecular formula is C26H29N3O2. The van der Waals surface area contributed by atoms with Gasteiger partial charge in [0.25, 0.3) is 0 Å². The lowest BCUT2D eigenvalue weighted by molar-refractivity contribution is -0.121. The fraction of sp³-hybridized carbons (Fsp3) is 0.308. The number of amides is 1. The molecule has 0 saturated carbocycles. The monoisotopic (exact) mass is 415 g/mol. The van der Waals surface area contributed by atoms with E-state index >= 15 is 0 Å². The maximum absolute atomic E-state index is 12.7. The molecule has 1 atom stereocenters. The summed E-state index contributed by atoms with van der Waals surface area (Å²) >= 11 is 0. The molecule has 0 bridgehead atoms. The van der Waals surface area contributed by atoms with Gasteiger partial charge >= 0.3 is 0 Å². The third-order valence-electron chi connectivity index (χ3n) is 6.17. The van der Waals surface area contributed by atoms with Crippen LogP contribution in [0.5, 0.6) is 0 Å². The summed E-state index contributed by atoms with van der Waals surface area (Å²) in [6.45, 7) is 8.03. The van der Waals surface area contributed by atoms with E-state index in [-0.39, 0.29) is 17.7 Å². The van der Waals surface area contributed by atoms with Gasteiger partial charge in [-0.2, -0.15) is 0 Å². The second-order valence-corrected chi connectivity index (χ2v) is 8.25. The second-order valence-electron chi connectivity index (χ2n) is 8.25. The Hall–Kier alpha value is -3.02. The third-order valence-corrected chi connectivity index (χ3v) is 6.17.